The molecule has 0 aliphatic heterocycles. The van der Waals surface area contributed by atoms with Crippen molar-refractivity contribution in [2.75, 3.05) is 13.6 Å². The number of carboxylic acid groups (broad SMARTS) is 1. The van der Waals surface area contributed by atoms with E-state index in [0.29, 0.717) is 0 Å². The van der Waals surface area contributed by atoms with Crippen LogP contribution in [0.1, 0.15) is 5.56 Å². The average Bonchev–Trinajstić information content (AvgIpc) is 2.39. The third-order valence-electron chi connectivity index (χ3n) is 2.55. The van der Waals surface area contributed by atoms with E-state index < -0.39 is 18.0 Å². The first-order chi connectivity index (χ1) is 9.04. The van der Waals surface area contributed by atoms with Crippen LogP contribution in [0.3, 0.4) is 0 Å². The number of carbonyl (C=O) groups excluding carboxylic acids is 1. The molecule has 1 rings (SSSR count). The Morgan fingerprint density at radius 2 is 2.05 bits per heavy atom. The van der Waals surface area contributed by atoms with E-state index in [-0.39, 0.29) is 13.0 Å². The molecule has 0 fully saturated rings. The maximum absolute atomic E-state index is 11.7. The highest BCUT2D eigenvalue weighted by atomic mass is 16.4. The first-order valence-corrected chi connectivity index (χ1v) is 5.76. The van der Waals surface area contributed by atoms with Gasteiger partial charge < -0.3 is 15.3 Å². The molecule has 19 heavy (non-hydrogen) atoms. The number of amides is 2. The number of terminal acetylenes is 1. The van der Waals surface area contributed by atoms with Crippen molar-refractivity contribution < 1.29 is 14.7 Å². The van der Waals surface area contributed by atoms with Crippen molar-refractivity contribution in [1.82, 2.24) is 10.2 Å². The zero-order valence-corrected chi connectivity index (χ0v) is 10.7. The van der Waals surface area contributed by atoms with Crippen molar-refractivity contribution in [3.8, 4) is 12.3 Å². The normalized spacial score (nSPS) is 11.2. The predicted molar refractivity (Wildman–Crippen MR) is 71.6 cm³/mol. The molecule has 2 amide bonds. The monoisotopic (exact) mass is 260 g/mol. The minimum absolute atomic E-state index is 0.128. The molecule has 2 N–H and O–H groups in total. The Kier molecular flexibility index (Phi) is 5.42. The minimum Gasteiger partial charge on any atom is -0.480 e. The van der Waals surface area contributed by atoms with Gasteiger partial charge in [-0.15, -0.1) is 6.42 Å². The number of benzene rings is 1. The molecule has 0 aliphatic carbocycles. The van der Waals surface area contributed by atoms with Gasteiger partial charge in [-0.3, -0.25) is 0 Å². The van der Waals surface area contributed by atoms with Gasteiger partial charge in [0.25, 0.3) is 0 Å². The van der Waals surface area contributed by atoms with E-state index in [0.717, 1.165) is 5.56 Å². The minimum atomic E-state index is -1.08. The van der Waals surface area contributed by atoms with Crippen LogP contribution in [0.2, 0.25) is 0 Å². The van der Waals surface area contributed by atoms with Crippen molar-refractivity contribution >= 4 is 12.0 Å². The van der Waals surface area contributed by atoms with E-state index in [2.05, 4.69) is 11.2 Å². The topological polar surface area (TPSA) is 69.6 Å². The summed E-state index contributed by atoms with van der Waals surface area (Å²) in [5.41, 5.74) is 0.842. The number of rotatable bonds is 5. The van der Waals surface area contributed by atoms with Crippen molar-refractivity contribution in [3.63, 3.8) is 0 Å². The van der Waals surface area contributed by atoms with Gasteiger partial charge in [0, 0.05) is 13.5 Å². The number of carbonyl (C=O) groups is 2. The van der Waals surface area contributed by atoms with Crippen molar-refractivity contribution in [1.29, 1.82) is 0 Å². The summed E-state index contributed by atoms with van der Waals surface area (Å²) >= 11 is 0. The number of urea groups is 1. The summed E-state index contributed by atoms with van der Waals surface area (Å²) in [4.78, 5) is 24.1. The number of aliphatic carboxylic acids is 1. The molecule has 1 unspecified atom stereocenters. The summed E-state index contributed by atoms with van der Waals surface area (Å²) in [5, 5.41) is 11.6. The van der Waals surface area contributed by atoms with Crippen molar-refractivity contribution in [2.24, 2.45) is 0 Å². The van der Waals surface area contributed by atoms with Crippen LogP contribution in [0.15, 0.2) is 30.3 Å². The van der Waals surface area contributed by atoms with E-state index in [1.807, 2.05) is 30.3 Å². The largest absolute Gasteiger partial charge is 0.480 e. The molecule has 0 aromatic heterocycles. The summed E-state index contributed by atoms with van der Waals surface area (Å²) in [5.74, 6) is 1.24. The lowest BCUT2D eigenvalue weighted by Crippen LogP contribution is -2.47. The van der Waals surface area contributed by atoms with E-state index in [1.54, 1.807) is 0 Å². The second-order valence-corrected chi connectivity index (χ2v) is 4.09. The molecule has 0 bridgehead atoms. The number of hydrogen-bond acceptors (Lipinski definition) is 2. The van der Waals surface area contributed by atoms with Crippen LogP contribution in [0, 0.1) is 12.3 Å². The molecule has 0 saturated carbocycles. The van der Waals surface area contributed by atoms with Crippen LogP contribution in [-0.2, 0) is 11.2 Å². The molecule has 0 radical (unpaired) electrons. The lowest BCUT2D eigenvalue weighted by Gasteiger charge is -2.19. The molecule has 0 saturated heterocycles. The van der Waals surface area contributed by atoms with E-state index in [1.165, 1.54) is 11.9 Å². The number of carboxylic acids is 1. The van der Waals surface area contributed by atoms with Crippen LogP contribution in [-0.4, -0.2) is 41.6 Å². The Labute approximate surface area is 112 Å². The molecule has 0 spiro atoms. The molecule has 5 nitrogen and oxygen atoms in total. The van der Waals surface area contributed by atoms with E-state index in [4.69, 9.17) is 11.5 Å². The fourth-order valence-electron chi connectivity index (χ4n) is 1.52. The smallest absolute Gasteiger partial charge is 0.326 e. The second-order valence-electron chi connectivity index (χ2n) is 4.09. The van der Waals surface area contributed by atoms with Gasteiger partial charge >= 0.3 is 12.0 Å². The van der Waals surface area contributed by atoms with Gasteiger partial charge in [0.2, 0.25) is 0 Å². The summed E-state index contributed by atoms with van der Waals surface area (Å²) < 4.78 is 0. The number of hydrogen-bond donors (Lipinski definition) is 2. The Morgan fingerprint density at radius 1 is 1.42 bits per heavy atom. The Bertz CT molecular complexity index is 479. The highest BCUT2D eigenvalue weighted by Gasteiger charge is 2.21. The number of nitrogens with zero attached hydrogens (tertiary/aromatic N) is 1. The Hall–Kier alpha value is -2.48. The predicted octanol–water partition coefficient (Wildman–Crippen LogP) is 0.957. The lowest BCUT2D eigenvalue weighted by atomic mass is 10.1. The zero-order valence-electron chi connectivity index (χ0n) is 10.7. The molecule has 1 aromatic rings. The molecule has 1 atom stereocenters. The third-order valence-corrected chi connectivity index (χ3v) is 2.55. The first kappa shape index (κ1) is 14.6. The lowest BCUT2D eigenvalue weighted by molar-refractivity contribution is -0.139. The molecule has 100 valence electrons. The SMILES string of the molecule is C#CCN(C)C(=O)NC(Cc1ccccc1)C(=O)O. The van der Waals surface area contributed by atoms with Gasteiger partial charge in [-0.25, -0.2) is 9.59 Å². The van der Waals surface area contributed by atoms with E-state index in [9.17, 15) is 9.59 Å². The first-order valence-electron chi connectivity index (χ1n) is 5.76. The van der Waals surface area contributed by atoms with Crippen molar-refractivity contribution in [3.05, 3.63) is 35.9 Å². The standard InChI is InChI=1S/C14H16N2O3/c1-3-9-16(2)14(19)15-12(13(17)18)10-11-7-5-4-6-8-11/h1,4-8,12H,9-10H2,2H3,(H,15,19)(H,17,18). The van der Waals surface area contributed by atoms with Gasteiger partial charge in [-0.05, 0) is 5.56 Å². The fourth-order valence-corrected chi connectivity index (χ4v) is 1.52. The average molecular weight is 260 g/mol. The Balaban J connectivity index is 2.67. The van der Waals surface area contributed by atoms with Crippen LogP contribution in [0.5, 0.6) is 0 Å². The summed E-state index contributed by atoms with van der Waals surface area (Å²) in [7, 11) is 1.51. The highest BCUT2D eigenvalue weighted by Crippen LogP contribution is 2.04. The zero-order chi connectivity index (χ0) is 14.3. The van der Waals surface area contributed by atoms with Crippen LogP contribution >= 0.6 is 0 Å². The van der Waals surface area contributed by atoms with Gasteiger partial charge in [0.05, 0.1) is 6.54 Å². The second kappa shape index (κ2) is 7.07. The molecule has 0 aliphatic rings. The van der Waals surface area contributed by atoms with Gasteiger partial charge in [0.1, 0.15) is 6.04 Å². The third kappa shape index (κ3) is 4.72. The molecule has 1 aromatic carbocycles. The maximum Gasteiger partial charge on any atom is 0.326 e. The fraction of sp³-hybridized carbons (Fsp3) is 0.286. The summed E-state index contributed by atoms with van der Waals surface area (Å²) in [6.07, 6.45) is 5.32. The van der Waals surface area contributed by atoms with E-state index >= 15 is 0 Å². The number of nitrogens with one attached hydrogen (secondary N) is 1. The Morgan fingerprint density at radius 3 is 2.58 bits per heavy atom. The molecule has 5 heteroatoms. The van der Waals surface area contributed by atoms with Crippen LogP contribution in [0.4, 0.5) is 4.79 Å². The summed E-state index contributed by atoms with van der Waals surface area (Å²) in [6.45, 7) is 0.128. The summed E-state index contributed by atoms with van der Waals surface area (Å²) in [6, 6.07) is 7.64. The quantitative estimate of drug-likeness (QED) is 0.775. The molecular formula is C14H16N2O3. The highest BCUT2D eigenvalue weighted by molar-refractivity contribution is 5.82. The van der Waals surface area contributed by atoms with Crippen LogP contribution < -0.4 is 5.32 Å². The molecular weight excluding hydrogens is 244 g/mol. The van der Waals surface area contributed by atoms with Gasteiger partial charge in [-0.1, -0.05) is 36.3 Å². The molecule has 0 heterocycles. The van der Waals surface area contributed by atoms with Crippen LogP contribution in [0.25, 0.3) is 0 Å². The van der Waals surface area contributed by atoms with Gasteiger partial charge in [0.15, 0.2) is 0 Å². The van der Waals surface area contributed by atoms with Gasteiger partial charge in [-0.2, -0.15) is 0 Å². The maximum atomic E-state index is 11.7. The van der Waals surface area contributed by atoms with Crippen molar-refractivity contribution in [2.45, 2.75) is 12.5 Å².